The predicted octanol–water partition coefficient (Wildman–Crippen LogP) is 4.17. The molecule has 26 heavy (non-hydrogen) atoms. The molecule has 5 nitrogen and oxygen atoms in total. The fraction of sp³-hybridized carbons (Fsp3) is 0.158. The molecule has 0 atom stereocenters. The molecule has 3 aromatic rings. The number of halogens is 2. The van der Waals surface area contributed by atoms with Crippen molar-refractivity contribution in [3.05, 3.63) is 69.3 Å². The fourth-order valence-electron chi connectivity index (χ4n) is 2.51. The molecule has 0 fully saturated rings. The van der Waals surface area contributed by atoms with Crippen molar-refractivity contribution in [2.75, 3.05) is 11.9 Å². The maximum atomic E-state index is 13.1. The van der Waals surface area contributed by atoms with Crippen LogP contribution in [0.25, 0.3) is 11.0 Å². The highest BCUT2D eigenvalue weighted by Gasteiger charge is 2.09. The third-order valence-corrected chi connectivity index (χ3v) is 4.05. The number of aryl methyl sites for hydroxylation is 1. The largest absolute Gasteiger partial charge is 0.484 e. The first-order valence-electron chi connectivity index (χ1n) is 7.90. The van der Waals surface area contributed by atoms with Crippen LogP contribution in [0.5, 0.6) is 5.75 Å². The van der Waals surface area contributed by atoms with Gasteiger partial charge < -0.3 is 14.5 Å². The van der Waals surface area contributed by atoms with Crippen LogP contribution in [0.1, 0.15) is 12.5 Å². The van der Waals surface area contributed by atoms with Gasteiger partial charge in [0.15, 0.2) is 6.61 Å². The summed E-state index contributed by atoms with van der Waals surface area (Å²) in [6, 6.07) is 10.4. The first-order chi connectivity index (χ1) is 12.5. The summed E-state index contributed by atoms with van der Waals surface area (Å²) in [5.74, 6) is -0.609. The van der Waals surface area contributed by atoms with Crippen LogP contribution < -0.4 is 15.7 Å². The number of hydrogen-bond donors (Lipinski definition) is 1. The molecule has 0 radical (unpaired) electrons. The van der Waals surface area contributed by atoms with E-state index in [1.54, 1.807) is 18.2 Å². The van der Waals surface area contributed by atoms with Crippen LogP contribution in [0.15, 0.2) is 51.7 Å². The highest BCUT2D eigenvalue weighted by molar-refractivity contribution is 6.31. The Morgan fingerprint density at radius 1 is 1.23 bits per heavy atom. The van der Waals surface area contributed by atoms with E-state index >= 15 is 0 Å². The zero-order valence-corrected chi connectivity index (χ0v) is 14.6. The molecule has 1 N–H and O–H groups in total. The summed E-state index contributed by atoms with van der Waals surface area (Å²) in [6.07, 6.45) is 0.699. The van der Waals surface area contributed by atoms with Crippen molar-refractivity contribution < 1.29 is 18.3 Å². The molecule has 3 rings (SSSR count). The molecule has 2 aromatic carbocycles. The molecule has 0 saturated carbocycles. The monoisotopic (exact) mass is 375 g/mol. The van der Waals surface area contributed by atoms with E-state index in [1.807, 2.05) is 6.92 Å². The van der Waals surface area contributed by atoms with Crippen LogP contribution in [0.3, 0.4) is 0 Å². The Labute approximate surface area is 153 Å². The van der Waals surface area contributed by atoms with Gasteiger partial charge in [0.2, 0.25) is 0 Å². The van der Waals surface area contributed by atoms with Gasteiger partial charge in [-0.25, -0.2) is 9.18 Å². The molecule has 0 aliphatic carbocycles. The van der Waals surface area contributed by atoms with Crippen molar-refractivity contribution in [1.82, 2.24) is 0 Å². The van der Waals surface area contributed by atoms with Crippen molar-refractivity contribution in [1.29, 1.82) is 0 Å². The maximum Gasteiger partial charge on any atom is 0.336 e. The molecule has 1 aromatic heterocycles. The maximum absolute atomic E-state index is 13.1. The van der Waals surface area contributed by atoms with Gasteiger partial charge in [-0.3, -0.25) is 4.79 Å². The highest BCUT2D eigenvalue weighted by Crippen LogP contribution is 2.23. The van der Waals surface area contributed by atoms with E-state index in [9.17, 15) is 14.0 Å². The lowest BCUT2D eigenvalue weighted by atomic mass is 10.1. The normalized spacial score (nSPS) is 10.7. The van der Waals surface area contributed by atoms with Crippen LogP contribution in [-0.2, 0) is 11.2 Å². The number of hydrogen-bond acceptors (Lipinski definition) is 4. The van der Waals surface area contributed by atoms with Crippen molar-refractivity contribution in [3.8, 4) is 5.75 Å². The number of ether oxygens (including phenoxy) is 1. The first kappa shape index (κ1) is 17.9. The van der Waals surface area contributed by atoms with E-state index in [4.69, 9.17) is 20.8 Å². The van der Waals surface area contributed by atoms with E-state index in [2.05, 4.69) is 5.32 Å². The van der Waals surface area contributed by atoms with Crippen molar-refractivity contribution in [3.63, 3.8) is 0 Å². The zero-order chi connectivity index (χ0) is 18.7. The van der Waals surface area contributed by atoms with Crippen LogP contribution in [0.4, 0.5) is 10.1 Å². The summed E-state index contributed by atoms with van der Waals surface area (Å²) in [5.41, 5.74) is 1.21. The number of anilines is 1. The van der Waals surface area contributed by atoms with Gasteiger partial charge in [0.05, 0.1) is 5.02 Å². The molecule has 0 unspecified atom stereocenters. The molecular weight excluding hydrogens is 361 g/mol. The summed E-state index contributed by atoms with van der Waals surface area (Å²) in [4.78, 5) is 23.5. The molecule has 0 spiro atoms. The minimum atomic E-state index is -0.565. The predicted molar refractivity (Wildman–Crippen MR) is 97.4 cm³/mol. The SMILES string of the molecule is CCc1cc(=O)oc2cc(OCC(=O)Nc3ccc(F)c(Cl)c3)ccc12. The Balaban J connectivity index is 1.70. The Morgan fingerprint density at radius 3 is 2.77 bits per heavy atom. The minimum Gasteiger partial charge on any atom is -0.484 e. The van der Waals surface area contributed by atoms with Gasteiger partial charge in [-0.15, -0.1) is 0 Å². The number of carbonyl (C=O) groups is 1. The average molecular weight is 376 g/mol. The number of benzene rings is 2. The fourth-order valence-corrected chi connectivity index (χ4v) is 2.69. The Bertz CT molecular complexity index is 1030. The molecule has 0 bridgehead atoms. The van der Waals surface area contributed by atoms with Gasteiger partial charge in [-0.2, -0.15) is 0 Å². The van der Waals surface area contributed by atoms with E-state index in [1.165, 1.54) is 18.2 Å². The van der Waals surface area contributed by atoms with Gasteiger partial charge in [0.1, 0.15) is 17.1 Å². The molecule has 134 valence electrons. The summed E-state index contributed by atoms with van der Waals surface area (Å²) in [6.45, 7) is 1.68. The van der Waals surface area contributed by atoms with E-state index in [0.717, 1.165) is 17.0 Å². The van der Waals surface area contributed by atoms with Crippen LogP contribution >= 0.6 is 11.6 Å². The summed E-state index contributed by atoms with van der Waals surface area (Å²) >= 11 is 5.67. The van der Waals surface area contributed by atoms with E-state index < -0.39 is 17.3 Å². The molecule has 7 heteroatoms. The molecular formula is C19H15ClFNO4. The van der Waals surface area contributed by atoms with Crippen LogP contribution in [0.2, 0.25) is 5.02 Å². The molecule has 1 amide bonds. The summed E-state index contributed by atoms with van der Waals surface area (Å²) < 4.78 is 23.7. The molecule has 0 aliphatic heterocycles. The van der Waals surface area contributed by atoms with E-state index in [0.29, 0.717) is 23.4 Å². The average Bonchev–Trinajstić information content (AvgIpc) is 2.62. The lowest BCUT2D eigenvalue weighted by molar-refractivity contribution is -0.118. The van der Waals surface area contributed by atoms with Gasteiger partial charge in [-0.1, -0.05) is 18.5 Å². The van der Waals surface area contributed by atoms with Crippen LogP contribution in [-0.4, -0.2) is 12.5 Å². The Morgan fingerprint density at radius 2 is 2.04 bits per heavy atom. The lowest BCUT2D eigenvalue weighted by Gasteiger charge is -2.09. The first-order valence-corrected chi connectivity index (χ1v) is 8.28. The second kappa shape index (κ2) is 7.58. The highest BCUT2D eigenvalue weighted by atomic mass is 35.5. The lowest BCUT2D eigenvalue weighted by Crippen LogP contribution is -2.20. The number of fused-ring (bicyclic) bond motifs is 1. The molecule has 0 saturated heterocycles. The number of carbonyl (C=O) groups excluding carboxylic acids is 1. The molecule has 1 heterocycles. The smallest absolute Gasteiger partial charge is 0.336 e. The third kappa shape index (κ3) is 4.03. The third-order valence-electron chi connectivity index (χ3n) is 3.76. The summed E-state index contributed by atoms with van der Waals surface area (Å²) in [7, 11) is 0. The zero-order valence-electron chi connectivity index (χ0n) is 13.8. The number of amides is 1. The number of nitrogens with one attached hydrogen (secondary N) is 1. The number of rotatable bonds is 5. The topological polar surface area (TPSA) is 68.5 Å². The van der Waals surface area contributed by atoms with E-state index in [-0.39, 0.29) is 11.6 Å². The second-order valence-electron chi connectivity index (χ2n) is 5.57. The van der Waals surface area contributed by atoms with Crippen molar-refractivity contribution >= 4 is 34.2 Å². The second-order valence-corrected chi connectivity index (χ2v) is 5.98. The Kier molecular flexibility index (Phi) is 5.23. The standard InChI is InChI=1S/C19H15ClFNO4/c1-2-11-7-19(24)26-17-9-13(4-5-14(11)17)25-10-18(23)22-12-3-6-16(21)15(20)8-12/h3-9H,2,10H2,1H3,(H,22,23). The van der Waals surface area contributed by atoms with Crippen molar-refractivity contribution in [2.24, 2.45) is 0 Å². The van der Waals surface area contributed by atoms with Gasteiger partial charge in [0, 0.05) is 23.2 Å². The van der Waals surface area contributed by atoms with Gasteiger partial charge in [0.25, 0.3) is 5.91 Å². The van der Waals surface area contributed by atoms with Gasteiger partial charge in [-0.05, 0) is 42.3 Å². The molecule has 0 aliphatic rings. The Hall–Kier alpha value is -2.86. The summed E-state index contributed by atoms with van der Waals surface area (Å²) in [5, 5.41) is 3.30. The van der Waals surface area contributed by atoms with Crippen molar-refractivity contribution in [2.45, 2.75) is 13.3 Å². The van der Waals surface area contributed by atoms with Crippen LogP contribution in [0, 0.1) is 5.82 Å². The van der Waals surface area contributed by atoms with Gasteiger partial charge >= 0.3 is 5.63 Å². The quantitative estimate of drug-likeness (QED) is 0.680. The minimum absolute atomic E-state index is 0.0833.